The number of hydrogen-bond acceptors (Lipinski definition) is 3. The lowest BCUT2D eigenvalue weighted by atomic mass is 9.95. The van der Waals surface area contributed by atoms with E-state index >= 15 is 0 Å². The molecule has 6 heteroatoms. The number of sulfonamides is 1. The van der Waals surface area contributed by atoms with Crippen LogP contribution in [0.5, 0.6) is 5.75 Å². The molecule has 0 N–H and O–H groups in total. The van der Waals surface area contributed by atoms with Gasteiger partial charge in [-0.05, 0) is 37.1 Å². The normalized spacial score (nSPS) is 17.1. The summed E-state index contributed by atoms with van der Waals surface area (Å²) in [5, 5.41) is 0. The number of rotatable bonds is 6. The molecule has 1 saturated carbocycles. The van der Waals surface area contributed by atoms with Crippen molar-refractivity contribution in [1.82, 2.24) is 4.31 Å². The Hall–Kier alpha value is -0.780. The average Bonchev–Trinajstić information content (AvgIpc) is 2.53. The zero-order chi connectivity index (χ0) is 15.3. The van der Waals surface area contributed by atoms with Crippen molar-refractivity contribution in [2.45, 2.75) is 43.0 Å². The summed E-state index contributed by atoms with van der Waals surface area (Å²) < 4.78 is 32.4. The van der Waals surface area contributed by atoms with Crippen molar-refractivity contribution < 1.29 is 13.2 Å². The first-order chi connectivity index (χ1) is 10.1. The van der Waals surface area contributed by atoms with E-state index in [-0.39, 0.29) is 6.04 Å². The summed E-state index contributed by atoms with van der Waals surface area (Å²) in [6, 6.07) is 6.61. The highest BCUT2D eigenvalue weighted by atomic mass is 35.5. The lowest BCUT2D eigenvalue weighted by Gasteiger charge is -2.33. The summed E-state index contributed by atoms with van der Waals surface area (Å²) in [6.07, 6.45) is 5.20. The third kappa shape index (κ3) is 3.90. The van der Waals surface area contributed by atoms with Crippen molar-refractivity contribution in [1.29, 1.82) is 0 Å². The number of methoxy groups -OCH3 is 1. The first-order valence-corrected chi connectivity index (χ1v) is 9.29. The van der Waals surface area contributed by atoms with Crippen LogP contribution in [0.3, 0.4) is 0 Å². The predicted molar refractivity (Wildman–Crippen MR) is 84.5 cm³/mol. The van der Waals surface area contributed by atoms with E-state index in [0.29, 0.717) is 23.1 Å². The molecule has 0 saturated heterocycles. The second-order valence-electron chi connectivity index (χ2n) is 5.27. The Morgan fingerprint density at radius 2 is 1.81 bits per heavy atom. The van der Waals surface area contributed by atoms with Crippen molar-refractivity contribution in [2.75, 3.05) is 19.5 Å². The van der Waals surface area contributed by atoms with Gasteiger partial charge in [0.05, 0.1) is 12.0 Å². The van der Waals surface area contributed by atoms with E-state index in [1.165, 1.54) is 6.42 Å². The third-order valence-electron chi connectivity index (χ3n) is 3.95. The molecule has 118 valence electrons. The number of benzene rings is 1. The van der Waals surface area contributed by atoms with Crippen LogP contribution in [-0.2, 0) is 10.0 Å². The van der Waals surface area contributed by atoms with Crippen LogP contribution in [0.2, 0.25) is 0 Å². The van der Waals surface area contributed by atoms with Crippen molar-refractivity contribution in [3.63, 3.8) is 0 Å². The minimum absolute atomic E-state index is 0.0737. The molecule has 0 bridgehead atoms. The number of halogens is 1. The molecular formula is C15H22ClNO3S. The maximum absolute atomic E-state index is 12.8. The van der Waals surface area contributed by atoms with Gasteiger partial charge in [-0.1, -0.05) is 19.3 Å². The van der Waals surface area contributed by atoms with Crippen LogP contribution in [0, 0.1) is 0 Å². The second kappa shape index (κ2) is 7.47. The van der Waals surface area contributed by atoms with Crippen LogP contribution in [0.1, 0.15) is 32.1 Å². The summed E-state index contributed by atoms with van der Waals surface area (Å²) in [5.74, 6) is 0.960. The molecule has 0 aliphatic heterocycles. The topological polar surface area (TPSA) is 46.6 Å². The van der Waals surface area contributed by atoms with Gasteiger partial charge in [0.15, 0.2) is 0 Å². The Morgan fingerprint density at radius 3 is 2.33 bits per heavy atom. The molecule has 4 nitrogen and oxygen atoms in total. The Kier molecular flexibility index (Phi) is 5.90. The number of hydrogen-bond donors (Lipinski definition) is 0. The fourth-order valence-electron chi connectivity index (χ4n) is 2.83. The maximum atomic E-state index is 12.8. The molecule has 0 spiro atoms. The summed E-state index contributed by atoms with van der Waals surface area (Å²) in [5.41, 5.74) is 0. The first-order valence-electron chi connectivity index (χ1n) is 7.31. The van der Waals surface area contributed by atoms with Crippen LogP contribution in [-0.4, -0.2) is 38.3 Å². The number of ether oxygens (including phenoxy) is 1. The quantitative estimate of drug-likeness (QED) is 0.752. The van der Waals surface area contributed by atoms with Gasteiger partial charge in [-0.2, -0.15) is 4.31 Å². The van der Waals surface area contributed by atoms with Crippen molar-refractivity contribution in [2.24, 2.45) is 0 Å². The van der Waals surface area contributed by atoms with E-state index in [2.05, 4.69) is 0 Å². The summed E-state index contributed by atoms with van der Waals surface area (Å²) in [4.78, 5) is 0.305. The minimum Gasteiger partial charge on any atom is -0.497 e. The van der Waals surface area contributed by atoms with Crippen LogP contribution in [0.15, 0.2) is 29.2 Å². The molecule has 0 unspecified atom stereocenters. The molecule has 0 atom stereocenters. The van der Waals surface area contributed by atoms with E-state index in [0.717, 1.165) is 25.7 Å². The molecule has 1 aliphatic carbocycles. The largest absolute Gasteiger partial charge is 0.497 e. The summed E-state index contributed by atoms with van der Waals surface area (Å²) >= 11 is 5.83. The van der Waals surface area contributed by atoms with Crippen molar-refractivity contribution >= 4 is 21.6 Å². The van der Waals surface area contributed by atoms with Crippen LogP contribution >= 0.6 is 11.6 Å². The molecular weight excluding hydrogens is 310 g/mol. The lowest BCUT2D eigenvalue weighted by molar-refractivity contribution is 0.262. The molecule has 0 amide bonds. The molecule has 0 radical (unpaired) electrons. The SMILES string of the molecule is COc1ccc(S(=O)(=O)N(CCCl)C2CCCCC2)cc1. The minimum atomic E-state index is -3.49. The highest BCUT2D eigenvalue weighted by Gasteiger charge is 2.31. The van der Waals surface area contributed by atoms with Crippen LogP contribution < -0.4 is 4.74 Å². The van der Waals surface area contributed by atoms with Gasteiger partial charge in [0.2, 0.25) is 10.0 Å². The van der Waals surface area contributed by atoms with E-state index in [1.807, 2.05) is 0 Å². The van der Waals surface area contributed by atoms with Gasteiger partial charge in [0.25, 0.3) is 0 Å². The molecule has 1 fully saturated rings. The van der Waals surface area contributed by atoms with Crippen LogP contribution in [0.25, 0.3) is 0 Å². The number of nitrogens with zero attached hydrogens (tertiary/aromatic N) is 1. The zero-order valence-electron chi connectivity index (χ0n) is 12.3. The second-order valence-corrected chi connectivity index (χ2v) is 7.54. The third-order valence-corrected chi connectivity index (χ3v) is 6.09. The molecule has 1 aromatic carbocycles. The standard InChI is InChI=1S/C15H22ClNO3S/c1-20-14-7-9-15(10-8-14)21(18,19)17(12-11-16)13-5-3-2-4-6-13/h7-10,13H,2-6,11-12H2,1H3. The Bertz CT molecular complexity index is 539. The van der Waals surface area contributed by atoms with Gasteiger partial charge in [0, 0.05) is 18.5 Å². The van der Waals surface area contributed by atoms with E-state index in [1.54, 1.807) is 35.7 Å². The van der Waals surface area contributed by atoms with Gasteiger partial charge in [-0.3, -0.25) is 0 Å². The highest BCUT2D eigenvalue weighted by molar-refractivity contribution is 7.89. The summed E-state index contributed by atoms with van der Waals surface area (Å²) in [6.45, 7) is 0.362. The number of alkyl halides is 1. The highest BCUT2D eigenvalue weighted by Crippen LogP contribution is 2.28. The van der Waals surface area contributed by atoms with Crippen molar-refractivity contribution in [3.05, 3.63) is 24.3 Å². The van der Waals surface area contributed by atoms with Gasteiger partial charge in [-0.25, -0.2) is 8.42 Å². The van der Waals surface area contributed by atoms with E-state index in [9.17, 15) is 8.42 Å². The van der Waals surface area contributed by atoms with E-state index < -0.39 is 10.0 Å². The van der Waals surface area contributed by atoms with Crippen LogP contribution in [0.4, 0.5) is 0 Å². The first kappa shape index (κ1) is 16.6. The molecule has 0 heterocycles. The molecule has 1 aliphatic rings. The maximum Gasteiger partial charge on any atom is 0.243 e. The monoisotopic (exact) mass is 331 g/mol. The average molecular weight is 332 g/mol. The fourth-order valence-corrected chi connectivity index (χ4v) is 4.80. The molecule has 21 heavy (non-hydrogen) atoms. The van der Waals surface area contributed by atoms with Gasteiger partial charge in [0.1, 0.15) is 5.75 Å². The fraction of sp³-hybridized carbons (Fsp3) is 0.600. The Morgan fingerprint density at radius 1 is 1.19 bits per heavy atom. The van der Waals surface area contributed by atoms with Gasteiger partial charge in [-0.15, -0.1) is 11.6 Å². The van der Waals surface area contributed by atoms with Gasteiger partial charge < -0.3 is 4.74 Å². The Labute approximate surface area is 132 Å². The van der Waals surface area contributed by atoms with E-state index in [4.69, 9.17) is 16.3 Å². The molecule has 0 aromatic heterocycles. The smallest absolute Gasteiger partial charge is 0.243 e. The van der Waals surface area contributed by atoms with Crippen molar-refractivity contribution in [3.8, 4) is 5.75 Å². The Balaban J connectivity index is 2.27. The predicted octanol–water partition coefficient (Wildman–Crippen LogP) is 3.26. The molecule has 2 rings (SSSR count). The molecule has 1 aromatic rings. The zero-order valence-corrected chi connectivity index (χ0v) is 13.9. The summed E-state index contributed by atoms with van der Waals surface area (Å²) in [7, 11) is -1.93. The lowest BCUT2D eigenvalue weighted by Crippen LogP contribution is -2.42. The van der Waals surface area contributed by atoms with Gasteiger partial charge >= 0.3 is 0 Å².